The molecule has 2 aliphatic rings. The molecule has 0 radical (unpaired) electrons. The highest BCUT2D eigenvalue weighted by Gasteiger charge is 2.41. The van der Waals surface area contributed by atoms with Gasteiger partial charge in [-0.1, -0.05) is 23.2 Å². The van der Waals surface area contributed by atoms with E-state index in [4.69, 9.17) is 27.9 Å². The van der Waals surface area contributed by atoms with Crippen molar-refractivity contribution in [3.05, 3.63) is 57.6 Å². The smallest absolute Gasteiger partial charge is 0.175 e. The lowest BCUT2D eigenvalue weighted by Gasteiger charge is -2.30. The number of halogens is 2. The summed E-state index contributed by atoms with van der Waals surface area (Å²) >= 11 is 12.7. The summed E-state index contributed by atoms with van der Waals surface area (Å²) in [4.78, 5) is 2.60. The van der Waals surface area contributed by atoms with Crippen LogP contribution in [0.15, 0.2) is 41.3 Å². The molecule has 0 bridgehead atoms. The number of nitrogens with zero attached hydrogens (tertiary/aromatic N) is 1. The molecule has 2 aromatic rings. The zero-order valence-corrected chi connectivity index (χ0v) is 18.3. The molecule has 156 valence electrons. The molecule has 0 aromatic heterocycles. The highest BCUT2D eigenvalue weighted by Crippen LogP contribution is 2.43. The molecule has 8 heteroatoms. The van der Waals surface area contributed by atoms with Gasteiger partial charge in [-0.05, 0) is 67.3 Å². The summed E-state index contributed by atoms with van der Waals surface area (Å²) in [5.41, 5.74) is 2.00. The Kier molecular flexibility index (Phi) is 5.84. The van der Waals surface area contributed by atoms with Gasteiger partial charge in [-0.2, -0.15) is 0 Å². The quantitative estimate of drug-likeness (QED) is 0.743. The Hall–Kier alpha value is -1.31. The maximum Gasteiger partial charge on any atom is 0.175 e. The number of benzene rings is 2. The fourth-order valence-corrected chi connectivity index (χ4v) is 5.52. The molecule has 1 aliphatic heterocycles. The van der Waals surface area contributed by atoms with Gasteiger partial charge in [0.05, 0.1) is 10.9 Å². The van der Waals surface area contributed by atoms with E-state index in [1.807, 2.05) is 6.07 Å². The van der Waals surface area contributed by atoms with Crippen molar-refractivity contribution in [2.75, 3.05) is 26.0 Å². The van der Waals surface area contributed by atoms with Crippen molar-refractivity contribution in [2.24, 2.45) is 5.92 Å². The second kappa shape index (κ2) is 8.08. The van der Waals surface area contributed by atoms with Gasteiger partial charge < -0.3 is 9.84 Å². The topological polar surface area (TPSA) is 66.8 Å². The fourth-order valence-electron chi connectivity index (χ4n) is 4.30. The summed E-state index contributed by atoms with van der Waals surface area (Å²) in [6.07, 6.45) is 2.60. The largest absolute Gasteiger partial charge is 0.484 e. The van der Waals surface area contributed by atoms with Crippen molar-refractivity contribution in [1.82, 2.24) is 4.90 Å². The number of sulfone groups is 1. The van der Waals surface area contributed by atoms with Gasteiger partial charge in [0.15, 0.2) is 9.84 Å². The first-order valence-electron chi connectivity index (χ1n) is 9.56. The lowest BCUT2D eigenvalue weighted by Crippen LogP contribution is -2.38. The molecule has 0 unspecified atom stereocenters. The number of hydrogen-bond acceptors (Lipinski definition) is 5. The predicted molar refractivity (Wildman–Crippen MR) is 114 cm³/mol. The van der Waals surface area contributed by atoms with E-state index >= 15 is 0 Å². The highest BCUT2D eigenvalue weighted by atomic mass is 35.5. The number of ether oxygens (including phenoxy) is 1. The number of fused-ring (bicyclic) bond motifs is 1. The lowest BCUT2D eigenvalue weighted by molar-refractivity contribution is 0.0885. The molecule has 5 nitrogen and oxygen atoms in total. The third kappa shape index (κ3) is 4.28. The van der Waals surface area contributed by atoms with Crippen LogP contribution in [0.1, 0.15) is 23.7 Å². The second-order valence-electron chi connectivity index (χ2n) is 7.84. The van der Waals surface area contributed by atoms with Gasteiger partial charge in [-0.15, -0.1) is 0 Å². The molecule has 29 heavy (non-hydrogen) atoms. The van der Waals surface area contributed by atoms with Crippen molar-refractivity contribution < 1.29 is 18.3 Å². The average molecular weight is 456 g/mol. The number of hydrogen-bond donors (Lipinski definition) is 1. The van der Waals surface area contributed by atoms with Gasteiger partial charge in [0, 0.05) is 35.0 Å². The Labute approximate surface area is 181 Å². The minimum atomic E-state index is -3.26. The van der Waals surface area contributed by atoms with Crippen LogP contribution in [0.3, 0.4) is 0 Å². The first kappa shape index (κ1) is 20.9. The SMILES string of the molecule is CS(=O)(=O)c1ccc(O[C@@H]2c3cc(Cl)cc(Cl)c3C[C@@H]2N2CC[C@@H](CO)C2)cc1. The number of aliphatic hydroxyl groups excluding tert-OH is 1. The van der Waals surface area contributed by atoms with E-state index in [-0.39, 0.29) is 29.6 Å². The van der Waals surface area contributed by atoms with Crippen molar-refractivity contribution >= 4 is 33.0 Å². The van der Waals surface area contributed by atoms with E-state index in [2.05, 4.69) is 4.90 Å². The first-order valence-corrected chi connectivity index (χ1v) is 12.2. The predicted octanol–water partition coefficient (Wildman–Crippen LogP) is 3.76. The van der Waals surface area contributed by atoms with Crippen molar-refractivity contribution in [3.8, 4) is 5.75 Å². The maximum atomic E-state index is 11.7. The van der Waals surface area contributed by atoms with Crippen molar-refractivity contribution in [3.63, 3.8) is 0 Å². The van der Waals surface area contributed by atoms with Crippen molar-refractivity contribution in [2.45, 2.75) is 29.9 Å². The number of aliphatic hydroxyl groups is 1. The molecule has 0 amide bonds. The summed E-state index contributed by atoms with van der Waals surface area (Å²) in [5.74, 6) is 0.863. The zero-order valence-electron chi connectivity index (χ0n) is 16.0. The van der Waals surface area contributed by atoms with Crippen LogP contribution >= 0.6 is 23.2 Å². The van der Waals surface area contributed by atoms with Crippen LogP contribution in [0.2, 0.25) is 10.0 Å². The van der Waals surface area contributed by atoms with Gasteiger partial charge in [0.25, 0.3) is 0 Å². The highest BCUT2D eigenvalue weighted by molar-refractivity contribution is 7.90. The van der Waals surface area contributed by atoms with E-state index in [0.29, 0.717) is 15.8 Å². The third-order valence-corrected chi connectivity index (χ3v) is 7.51. The molecule has 0 saturated carbocycles. The van der Waals surface area contributed by atoms with Gasteiger partial charge in [0.2, 0.25) is 0 Å². The minimum absolute atomic E-state index is 0.0760. The molecule has 0 spiro atoms. The summed E-state index contributed by atoms with van der Waals surface area (Å²) in [5, 5.41) is 10.7. The monoisotopic (exact) mass is 455 g/mol. The van der Waals surface area contributed by atoms with Crippen LogP contribution in [0.25, 0.3) is 0 Å². The molecule has 1 N–H and O–H groups in total. The first-order chi connectivity index (χ1) is 13.8. The molecule has 1 heterocycles. The fraction of sp³-hybridized carbons (Fsp3) is 0.429. The summed E-state index contributed by atoms with van der Waals surface area (Å²) in [6.45, 7) is 1.89. The zero-order chi connectivity index (χ0) is 20.8. The van der Waals surface area contributed by atoms with Crippen LogP contribution in [0, 0.1) is 5.92 Å². The Balaban J connectivity index is 1.65. The van der Waals surface area contributed by atoms with Gasteiger partial charge >= 0.3 is 0 Å². The van der Waals surface area contributed by atoms with Crippen LogP contribution in [0.4, 0.5) is 0 Å². The Morgan fingerprint density at radius 2 is 1.93 bits per heavy atom. The molecule has 1 aliphatic carbocycles. The molecular weight excluding hydrogens is 433 g/mol. The van der Waals surface area contributed by atoms with E-state index in [9.17, 15) is 13.5 Å². The average Bonchev–Trinajstić information content (AvgIpc) is 3.27. The van der Waals surface area contributed by atoms with E-state index in [1.165, 1.54) is 6.26 Å². The normalized spacial score (nSPS) is 24.6. The van der Waals surface area contributed by atoms with Gasteiger partial charge in [0.1, 0.15) is 11.9 Å². The van der Waals surface area contributed by atoms with Gasteiger partial charge in [-0.25, -0.2) is 8.42 Å². The summed E-state index contributed by atoms with van der Waals surface area (Å²) < 4.78 is 29.8. The second-order valence-corrected chi connectivity index (χ2v) is 10.7. The Bertz CT molecular complexity index is 1010. The lowest BCUT2D eigenvalue weighted by atomic mass is 10.1. The number of likely N-dealkylation sites (tertiary alicyclic amines) is 1. The van der Waals surface area contributed by atoms with E-state index in [1.54, 1.807) is 30.3 Å². The van der Waals surface area contributed by atoms with E-state index in [0.717, 1.165) is 37.1 Å². The van der Waals surface area contributed by atoms with Gasteiger partial charge in [-0.3, -0.25) is 4.90 Å². The van der Waals surface area contributed by atoms with Crippen LogP contribution < -0.4 is 4.74 Å². The third-order valence-electron chi connectivity index (χ3n) is 5.82. The molecule has 3 atom stereocenters. The van der Waals surface area contributed by atoms with Crippen molar-refractivity contribution in [1.29, 1.82) is 0 Å². The minimum Gasteiger partial charge on any atom is -0.484 e. The van der Waals surface area contributed by atoms with Crippen LogP contribution in [-0.4, -0.2) is 50.4 Å². The molecular formula is C21H23Cl2NO4S. The van der Waals surface area contributed by atoms with Crippen LogP contribution in [0.5, 0.6) is 5.75 Å². The van der Waals surface area contributed by atoms with Crippen LogP contribution in [-0.2, 0) is 16.3 Å². The molecule has 4 rings (SSSR count). The molecule has 1 fully saturated rings. The summed E-state index contributed by atoms with van der Waals surface area (Å²) in [7, 11) is -3.26. The van der Waals surface area contributed by atoms with E-state index < -0.39 is 9.84 Å². The summed E-state index contributed by atoms with van der Waals surface area (Å²) in [6, 6.07) is 10.2. The Morgan fingerprint density at radius 3 is 2.55 bits per heavy atom. The molecule has 1 saturated heterocycles. The Morgan fingerprint density at radius 1 is 1.21 bits per heavy atom. The number of rotatable bonds is 5. The molecule has 2 aromatic carbocycles. The standard InChI is InChI=1S/C21H23Cl2NO4S/c1-29(26,27)16-4-2-15(3-5-16)28-21-18-8-14(22)9-19(23)17(18)10-20(21)24-7-6-13(11-24)12-25/h2-5,8-9,13,20-21,25H,6-7,10-12H2,1H3/t13-,20+,21-/m1/s1. The maximum absolute atomic E-state index is 11.7.